The molecule has 0 bridgehead atoms. The van der Waals surface area contributed by atoms with Gasteiger partial charge in [0.25, 0.3) is 0 Å². The maximum atomic E-state index is 14.7. The molecule has 1 aliphatic rings. The molecule has 148 valence electrons. The Hall–Kier alpha value is -2.51. The van der Waals surface area contributed by atoms with Crippen molar-refractivity contribution >= 4 is 12.1 Å². The Morgan fingerprint density at radius 1 is 1.22 bits per heavy atom. The zero-order chi connectivity index (χ0) is 20.6. The van der Waals surface area contributed by atoms with Crippen LogP contribution in [0.1, 0.15) is 39.2 Å². The largest absolute Gasteiger partial charge is 0.466 e. The fraction of sp³-hybridized carbons (Fsp3) is 0.474. The highest BCUT2D eigenvalue weighted by Gasteiger charge is 2.57. The third-order valence-corrected chi connectivity index (χ3v) is 5.10. The lowest BCUT2D eigenvalue weighted by atomic mass is 9.67. The molecule has 1 N–H and O–H groups in total. The Kier molecular flexibility index (Phi) is 5.58. The zero-order valence-corrected chi connectivity index (χ0v) is 15.6. The first-order chi connectivity index (χ1) is 12.5. The molecule has 0 spiro atoms. The third-order valence-electron chi connectivity index (χ3n) is 5.10. The SMILES string of the molecule is COC(=O)C=C[C@H]1CC[C@@](c2cc(F)c(F)cc2F)(C(C)(C)C)N1C(=O)O. The molecule has 1 aliphatic heterocycles. The van der Waals surface area contributed by atoms with E-state index in [-0.39, 0.29) is 18.4 Å². The number of halogens is 3. The summed E-state index contributed by atoms with van der Waals surface area (Å²) in [6.45, 7) is 5.11. The highest BCUT2D eigenvalue weighted by Crippen LogP contribution is 2.54. The normalized spacial score (nSPS) is 23.1. The summed E-state index contributed by atoms with van der Waals surface area (Å²) < 4.78 is 46.5. The molecule has 1 aromatic rings. The van der Waals surface area contributed by atoms with E-state index in [1.54, 1.807) is 20.8 Å². The van der Waals surface area contributed by atoms with Gasteiger partial charge < -0.3 is 9.84 Å². The van der Waals surface area contributed by atoms with Crippen LogP contribution >= 0.6 is 0 Å². The number of methoxy groups -OCH3 is 1. The molecular weight excluding hydrogens is 363 g/mol. The molecule has 0 aromatic heterocycles. The van der Waals surface area contributed by atoms with Gasteiger partial charge >= 0.3 is 12.1 Å². The molecule has 1 saturated heterocycles. The lowest BCUT2D eigenvalue weighted by Gasteiger charge is -2.48. The highest BCUT2D eigenvalue weighted by molar-refractivity contribution is 5.82. The number of nitrogens with zero attached hydrogens (tertiary/aromatic N) is 1. The Bertz CT molecular complexity index is 788. The van der Waals surface area contributed by atoms with Crippen LogP contribution in [-0.2, 0) is 15.1 Å². The van der Waals surface area contributed by atoms with Crippen LogP contribution < -0.4 is 0 Å². The summed E-state index contributed by atoms with van der Waals surface area (Å²) in [7, 11) is 1.19. The predicted octanol–water partition coefficient (Wildman–Crippen LogP) is 4.22. The van der Waals surface area contributed by atoms with Crippen molar-refractivity contribution in [2.45, 2.75) is 45.2 Å². The molecule has 0 aliphatic carbocycles. The van der Waals surface area contributed by atoms with Crippen LogP contribution in [-0.4, -0.2) is 35.2 Å². The van der Waals surface area contributed by atoms with E-state index in [0.717, 1.165) is 17.0 Å². The molecule has 1 amide bonds. The standard InChI is InChI=1S/C19H22F3NO4/c1-18(2,3)19(12-9-14(21)15(22)10-13(12)20)8-7-11(23(19)17(25)26)5-6-16(24)27-4/h5-6,9-11H,7-8H2,1-4H3,(H,25,26)/t11-,19+/m0/s1. The summed E-state index contributed by atoms with van der Waals surface area (Å²) in [6, 6.07) is 0.391. The molecule has 0 unspecified atom stereocenters. The first kappa shape index (κ1) is 20.8. The minimum absolute atomic E-state index is 0.168. The van der Waals surface area contributed by atoms with Crippen LogP contribution in [0.4, 0.5) is 18.0 Å². The topological polar surface area (TPSA) is 66.8 Å². The van der Waals surface area contributed by atoms with Gasteiger partial charge in [0, 0.05) is 17.7 Å². The molecular formula is C19H22F3NO4. The Balaban J connectivity index is 2.68. The van der Waals surface area contributed by atoms with Crippen LogP contribution in [0.3, 0.4) is 0 Å². The van der Waals surface area contributed by atoms with Crippen molar-refractivity contribution < 1.29 is 32.6 Å². The van der Waals surface area contributed by atoms with Gasteiger partial charge in [-0.25, -0.2) is 22.8 Å². The Labute approximate surface area is 155 Å². The van der Waals surface area contributed by atoms with E-state index in [9.17, 15) is 27.9 Å². The molecule has 5 nitrogen and oxygen atoms in total. The molecule has 2 rings (SSSR count). The minimum Gasteiger partial charge on any atom is -0.466 e. The van der Waals surface area contributed by atoms with Crippen molar-refractivity contribution in [2.75, 3.05) is 7.11 Å². The van der Waals surface area contributed by atoms with Gasteiger partial charge in [-0.05, 0) is 24.3 Å². The summed E-state index contributed by atoms with van der Waals surface area (Å²) in [5.41, 5.74) is -2.54. The molecule has 27 heavy (non-hydrogen) atoms. The number of esters is 1. The van der Waals surface area contributed by atoms with E-state index < -0.39 is 46.5 Å². The number of hydrogen-bond acceptors (Lipinski definition) is 3. The van der Waals surface area contributed by atoms with E-state index in [4.69, 9.17) is 0 Å². The number of carboxylic acid groups (broad SMARTS) is 1. The molecule has 1 aromatic carbocycles. The molecule has 0 saturated carbocycles. The van der Waals surface area contributed by atoms with Gasteiger partial charge in [0.05, 0.1) is 18.7 Å². The van der Waals surface area contributed by atoms with Crippen molar-refractivity contribution in [1.82, 2.24) is 4.90 Å². The van der Waals surface area contributed by atoms with Crippen LogP contribution in [0.5, 0.6) is 0 Å². The van der Waals surface area contributed by atoms with Gasteiger partial charge in [0.2, 0.25) is 0 Å². The van der Waals surface area contributed by atoms with Crippen LogP contribution in [0.25, 0.3) is 0 Å². The summed E-state index contributed by atoms with van der Waals surface area (Å²) in [6.07, 6.45) is 1.55. The lowest BCUT2D eigenvalue weighted by molar-refractivity contribution is -0.134. The molecule has 1 heterocycles. The number of carbonyl (C=O) groups excluding carboxylic acids is 1. The number of rotatable bonds is 3. The van der Waals surface area contributed by atoms with Crippen molar-refractivity contribution in [1.29, 1.82) is 0 Å². The number of likely N-dealkylation sites (tertiary alicyclic amines) is 1. The van der Waals surface area contributed by atoms with E-state index in [2.05, 4.69) is 4.74 Å². The zero-order valence-electron chi connectivity index (χ0n) is 15.6. The average Bonchev–Trinajstić information content (AvgIpc) is 2.96. The summed E-state index contributed by atoms with van der Waals surface area (Å²) in [5.74, 6) is -4.28. The maximum Gasteiger partial charge on any atom is 0.408 e. The van der Waals surface area contributed by atoms with Crippen LogP contribution in [0, 0.1) is 22.9 Å². The van der Waals surface area contributed by atoms with E-state index in [0.29, 0.717) is 6.07 Å². The molecule has 8 heteroatoms. The number of benzene rings is 1. The first-order valence-corrected chi connectivity index (χ1v) is 8.39. The summed E-state index contributed by atoms with van der Waals surface area (Å²) >= 11 is 0. The van der Waals surface area contributed by atoms with E-state index in [1.165, 1.54) is 13.2 Å². The molecule has 2 atom stereocenters. The van der Waals surface area contributed by atoms with E-state index >= 15 is 0 Å². The summed E-state index contributed by atoms with van der Waals surface area (Å²) in [5, 5.41) is 9.87. The highest BCUT2D eigenvalue weighted by atomic mass is 19.2. The van der Waals surface area contributed by atoms with Crippen molar-refractivity contribution in [3.05, 3.63) is 47.3 Å². The lowest BCUT2D eigenvalue weighted by Crippen LogP contribution is -2.55. The quantitative estimate of drug-likeness (QED) is 0.481. The second kappa shape index (κ2) is 7.25. The molecule has 1 fully saturated rings. The van der Waals surface area contributed by atoms with Crippen LogP contribution in [0.15, 0.2) is 24.3 Å². The third kappa shape index (κ3) is 3.52. The number of carbonyl (C=O) groups is 2. The molecule has 0 radical (unpaired) electrons. The van der Waals surface area contributed by atoms with Crippen molar-refractivity contribution in [2.24, 2.45) is 5.41 Å². The monoisotopic (exact) mass is 385 g/mol. The van der Waals surface area contributed by atoms with Crippen molar-refractivity contribution in [3.63, 3.8) is 0 Å². The van der Waals surface area contributed by atoms with Crippen LogP contribution in [0.2, 0.25) is 0 Å². The number of amides is 1. The Morgan fingerprint density at radius 2 is 1.81 bits per heavy atom. The fourth-order valence-corrected chi connectivity index (χ4v) is 3.88. The van der Waals surface area contributed by atoms with Gasteiger partial charge in [0.1, 0.15) is 5.82 Å². The maximum absolute atomic E-state index is 14.7. The average molecular weight is 385 g/mol. The smallest absolute Gasteiger partial charge is 0.408 e. The Morgan fingerprint density at radius 3 is 2.33 bits per heavy atom. The second-order valence-electron chi connectivity index (χ2n) is 7.50. The van der Waals surface area contributed by atoms with Gasteiger partial charge in [-0.3, -0.25) is 4.90 Å². The van der Waals surface area contributed by atoms with Crippen molar-refractivity contribution in [3.8, 4) is 0 Å². The number of hydrogen-bond donors (Lipinski definition) is 1. The van der Waals surface area contributed by atoms with Gasteiger partial charge in [-0.2, -0.15) is 0 Å². The van der Waals surface area contributed by atoms with Gasteiger partial charge in [-0.15, -0.1) is 0 Å². The fourth-order valence-electron chi connectivity index (χ4n) is 3.88. The van der Waals surface area contributed by atoms with Gasteiger partial charge in [-0.1, -0.05) is 26.8 Å². The number of ether oxygens (including phenoxy) is 1. The first-order valence-electron chi connectivity index (χ1n) is 8.39. The minimum atomic E-state index is -1.46. The second-order valence-corrected chi connectivity index (χ2v) is 7.50. The summed E-state index contributed by atoms with van der Waals surface area (Å²) in [4.78, 5) is 24.5. The predicted molar refractivity (Wildman–Crippen MR) is 91.5 cm³/mol. The van der Waals surface area contributed by atoms with Gasteiger partial charge in [0.15, 0.2) is 11.6 Å². The van der Waals surface area contributed by atoms with E-state index in [1.807, 2.05) is 0 Å².